The van der Waals surface area contributed by atoms with Gasteiger partial charge in [-0.15, -0.1) is 0 Å². The number of aliphatic hydroxyl groups excluding tert-OH is 1. The smallest absolute Gasteiger partial charge is 0.0964 e. The van der Waals surface area contributed by atoms with Crippen LogP contribution in [0.2, 0.25) is 0 Å². The standard InChI is InChI=1S/C13H20N2O/c1-9-5-6-11(14)10(8-9)13(16)12-4-3-7-15(12)2/h5-6,8,12-13,16H,3-4,7,14H2,1-2H3. The number of likely N-dealkylation sites (tertiary alicyclic amines) is 1. The lowest BCUT2D eigenvalue weighted by Crippen LogP contribution is -2.31. The Morgan fingerprint density at radius 1 is 1.50 bits per heavy atom. The Morgan fingerprint density at radius 3 is 2.88 bits per heavy atom. The molecule has 1 aromatic rings. The second kappa shape index (κ2) is 4.44. The van der Waals surface area contributed by atoms with E-state index in [2.05, 4.69) is 11.9 Å². The number of hydrogen-bond acceptors (Lipinski definition) is 3. The quantitative estimate of drug-likeness (QED) is 0.746. The van der Waals surface area contributed by atoms with E-state index in [0.717, 1.165) is 30.5 Å². The van der Waals surface area contributed by atoms with Crippen LogP contribution in [0.25, 0.3) is 0 Å². The largest absolute Gasteiger partial charge is 0.398 e. The zero-order valence-corrected chi connectivity index (χ0v) is 9.98. The molecule has 1 fully saturated rings. The number of anilines is 1. The van der Waals surface area contributed by atoms with Crippen molar-refractivity contribution in [1.82, 2.24) is 4.90 Å². The van der Waals surface area contributed by atoms with Crippen molar-refractivity contribution in [1.29, 1.82) is 0 Å². The maximum atomic E-state index is 10.4. The predicted molar refractivity (Wildman–Crippen MR) is 66.2 cm³/mol. The molecule has 2 rings (SSSR count). The first-order chi connectivity index (χ1) is 7.59. The van der Waals surface area contributed by atoms with Crippen LogP contribution in [0.15, 0.2) is 18.2 Å². The molecule has 0 aliphatic carbocycles. The number of nitrogens with two attached hydrogens (primary N) is 1. The van der Waals surface area contributed by atoms with Crippen LogP contribution < -0.4 is 5.73 Å². The molecule has 0 radical (unpaired) electrons. The summed E-state index contributed by atoms with van der Waals surface area (Å²) < 4.78 is 0. The van der Waals surface area contributed by atoms with Crippen LogP contribution in [0.4, 0.5) is 5.69 Å². The first kappa shape index (κ1) is 11.4. The lowest BCUT2D eigenvalue weighted by molar-refractivity contribution is 0.0862. The number of likely N-dealkylation sites (N-methyl/N-ethyl adjacent to an activating group) is 1. The fourth-order valence-electron chi connectivity index (χ4n) is 2.49. The van der Waals surface area contributed by atoms with Gasteiger partial charge in [0.1, 0.15) is 0 Å². The monoisotopic (exact) mass is 220 g/mol. The summed E-state index contributed by atoms with van der Waals surface area (Å²) in [4.78, 5) is 2.21. The van der Waals surface area contributed by atoms with Gasteiger partial charge in [-0.1, -0.05) is 17.7 Å². The van der Waals surface area contributed by atoms with Gasteiger partial charge < -0.3 is 15.7 Å². The summed E-state index contributed by atoms with van der Waals surface area (Å²) in [6, 6.07) is 6.06. The van der Waals surface area contributed by atoms with E-state index in [1.807, 2.05) is 25.1 Å². The molecule has 0 amide bonds. The number of hydrogen-bond donors (Lipinski definition) is 2. The third-order valence-corrected chi connectivity index (χ3v) is 3.50. The number of aryl methyl sites for hydroxylation is 1. The van der Waals surface area contributed by atoms with Crippen LogP contribution in [0.5, 0.6) is 0 Å². The molecular weight excluding hydrogens is 200 g/mol. The fraction of sp³-hybridized carbons (Fsp3) is 0.538. The minimum atomic E-state index is -0.465. The van der Waals surface area contributed by atoms with Gasteiger partial charge >= 0.3 is 0 Å². The van der Waals surface area contributed by atoms with Crippen LogP contribution in [0, 0.1) is 6.92 Å². The highest BCUT2D eigenvalue weighted by molar-refractivity contribution is 5.50. The topological polar surface area (TPSA) is 49.5 Å². The summed E-state index contributed by atoms with van der Waals surface area (Å²) >= 11 is 0. The third kappa shape index (κ3) is 2.06. The van der Waals surface area contributed by atoms with Crippen LogP contribution >= 0.6 is 0 Å². The predicted octanol–water partition coefficient (Wildman–Crippen LogP) is 1.70. The second-order valence-electron chi connectivity index (χ2n) is 4.77. The van der Waals surface area contributed by atoms with E-state index in [9.17, 15) is 5.11 Å². The van der Waals surface area contributed by atoms with E-state index in [0.29, 0.717) is 5.69 Å². The van der Waals surface area contributed by atoms with Crippen LogP contribution in [-0.4, -0.2) is 29.6 Å². The molecular formula is C13H20N2O. The van der Waals surface area contributed by atoms with Gasteiger partial charge in [0.15, 0.2) is 0 Å². The van der Waals surface area contributed by atoms with Crippen molar-refractivity contribution in [2.24, 2.45) is 0 Å². The molecule has 1 aliphatic rings. The van der Waals surface area contributed by atoms with E-state index < -0.39 is 6.10 Å². The Morgan fingerprint density at radius 2 is 2.25 bits per heavy atom. The van der Waals surface area contributed by atoms with Crippen molar-refractivity contribution < 1.29 is 5.11 Å². The van der Waals surface area contributed by atoms with Gasteiger partial charge in [0.05, 0.1) is 6.10 Å². The first-order valence-corrected chi connectivity index (χ1v) is 5.84. The molecule has 3 N–H and O–H groups in total. The average Bonchev–Trinajstić information content (AvgIpc) is 2.67. The molecule has 1 aliphatic heterocycles. The molecule has 1 saturated heterocycles. The van der Waals surface area contributed by atoms with Crippen LogP contribution in [0.1, 0.15) is 30.1 Å². The van der Waals surface area contributed by atoms with Gasteiger partial charge in [0.25, 0.3) is 0 Å². The van der Waals surface area contributed by atoms with Crippen LogP contribution in [-0.2, 0) is 0 Å². The summed E-state index contributed by atoms with van der Waals surface area (Å²) in [7, 11) is 2.06. The lowest BCUT2D eigenvalue weighted by Gasteiger charge is -2.26. The normalized spacial score (nSPS) is 23.6. The van der Waals surface area contributed by atoms with E-state index >= 15 is 0 Å². The zero-order chi connectivity index (χ0) is 11.7. The highest BCUT2D eigenvalue weighted by Gasteiger charge is 2.29. The summed E-state index contributed by atoms with van der Waals surface area (Å²) in [6.07, 6.45) is 1.74. The van der Waals surface area contributed by atoms with Gasteiger partial charge in [-0.3, -0.25) is 0 Å². The van der Waals surface area contributed by atoms with Gasteiger partial charge in [0, 0.05) is 17.3 Å². The van der Waals surface area contributed by atoms with Crippen molar-refractivity contribution in [3.8, 4) is 0 Å². The number of nitrogens with zero attached hydrogens (tertiary/aromatic N) is 1. The molecule has 0 bridgehead atoms. The molecule has 88 valence electrons. The summed E-state index contributed by atoms with van der Waals surface area (Å²) in [5.41, 5.74) is 8.63. The van der Waals surface area contributed by atoms with Crippen molar-refractivity contribution in [2.45, 2.75) is 31.9 Å². The Labute approximate surface area is 96.9 Å². The molecule has 0 spiro atoms. The number of nitrogen functional groups attached to an aromatic ring is 1. The second-order valence-corrected chi connectivity index (χ2v) is 4.77. The van der Waals surface area contributed by atoms with Gasteiger partial charge in [0.2, 0.25) is 0 Å². The maximum Gasteiger partial charge on any atom is 0.0964 e. The summed E-state index contributed by atoms with van der Waals surface area (Å²) in [6.45, 7) is 3.08. The zero-order valence-electron chi connectivity index (χ0n) is 9.98. The van der Waals surface area contributed by atoms with E-state index in [-0.39, 0.29) is 6.04 Å². The van der Waals surface area contributed by atoms with Gasteiger partial charge in [-0.2, -0.15) is 0 Å². The third-order valence-electron chi connectivity index (χ3n) is 3.50. The van der Waals surface area contributed by atoms with Gasteiger partial charge in [-0.25, -0.2) is 0 Å². The molecule has 16 heavy (non-hydrogen) atoms. The summed E-state index contributed by atoms with van der Waals surface area (Å²) in [5.74, 6) is 0. The highest BCUT2D eigenvalue weighted by atomic mass is 16.3. The molecule has 3 nitrogen and oxygen atoms in total. The number of aliphatic hydroxyl groups is 1. The molecule has 1 aromatic carbocycles. The molecule has 0 saturated carbocycles. The minimum Gasteiger partial charge on any atom is -0.398 e. The molecule has 0 aromatic heterocycles. The first-order valence-electron chi connectivity index (χ1n) is 5.84. The van der Waals surface area contributed by atoms with Crippen molar-refractivity contribution in [2.75, 3.05) is 19.3 Å². The Balaban J connectivity index is 2.25. The minimum absolute atomic E-state index is 0.212. The van der Waals surface area contributed by atoms with E-state index in [4.69, 9.17) is 5.73 Å². The Hall–Kier alpha value is -1.06. The Bertz CT molecular complexity index is 378. The molecule has 1 heterocycles. The van der Waals surface area contributed by atoms with E-state index in [1.54, 1.807) is 0 Å². The lowest BCUT2D eigenvalue weighted by atomic mass is 9.97. The van der Waals surface area contributed by atoms with Gasteiger partial charge in [-0.05, 0) is 39.4 Å². The molecule has 2 atom stereocenters. The van der Waals surface area contributed by atoms with Crippen molar-refractivity contribution >= 4 is 5.69 Å². The highest BCUT2D eigenvalue weighted by Crippen LogP contribution is 2.31. The van der Waals surface area contributed by atoms with Crippen LogP contribution in [0.3, 0.4) is 0 Å². The Kier molecular flexibility index (Phi) is 3.17. The molecule has 3 heteroatoms. The maximum absolute atomic E-state index is 10.4. The number of benzene rings is 1. The van der Waals surface area contributed by atoms with Crippen molar-refractivity contribution in [3.63, 3.8) is 0 Å². The summed E-state index contributed by atoms with van der Waals surface area (Å²) in [5, 5.41) is 10.4. The van der Waals surface area contributed by atoms with E-state index in [1.165, 1.54) is 0 Å². The van der Waals surface area contributed by atoms with Crippen molar-refractivity contribution in [3.05, 3.63) is 29.3 Å². The molecule has 2 unspecified atom stereocenters. The fourth-order valence-corrected chi connectivity index (χ4v) is 2.49. The number of rotatable bonds is 2. The SMILES string of the molecule is Cc1ccc(N)c(C(O)C2CCCN2C)c1. The average molecular weight is 220 g/mol.